The molecule has 1 saturated heterocycles. The van der Waals surface area contributed by atoms with E-state index in [2.05, 4.69) is 22.2 Å². The van der Waals surface area contributed by atoms with Gasteiger partial charge in [0.25, 0.3) is 0 Å². The van der Waals surface area contributed by atoms with Gasteiger partial charge in [0.05, 0.1) is 6.10 Å². The monoisotopic (exact) mass is 233 g/mol. The number of aromatic nitrogens is 2. The summed E-state index contributed by atoms with van der Waals surface area (Å²) < 4.78 is 5.57. The van der Waals surface area contributed by atoms with Gasteiger partial charge in [-0.05, 0) is 39.0 Å². The number of hydrogen-bond acceptors (Lipinski definition) is 4. The van der Waals surface area contributed by atoms with Crippen molar-refractivity contribution in [1.82, 2.24) is 9.97 Å². The van der Waals surface area contributed by atoms with Crippen LogP contribution >= 0.6 is 0 Å². The van der Waals surface area contributed by atoms with Crippen molar-refractivity contribution in [3.63, 3.8) is 0 Å². The molecule has 17 heavy (non-hydrogen) atoms. The lowest BCUT2D eigenvalue weighted by atomic mass is 10.0. The molecule has 2 unspecified atom stereocenters. The molecule has 4 nitrogen and oxygen atoms in total. The molecule has 2 heterocycles. The fourth-order valence-electron chi connectivity index (χ4n) is 2.81. The molecule has 0 amide bonds. The van der Waals surface area contributed by atoms with Gasteiger partial charge in [-0.25, -0.2) is 9.97 Å². The van der Waals surface area contributed by atoms with Crippen LogP contribution in [0.4, 0.5) is 5.82 Å². The highest BCUT2D eigenvalue weighted by Gasteiger charge is 2.22. The summed E-state index contributed by atoms with van der Waals surface area (Å²) in [7, 11) is 0. The molecule has 0 aromatic carbocycles. The van der Waals surface area contributed by atoms with Gasteiger partial charge in [-0.15, -0.1) is 0 Å². The van der Waals surface area contributed by atoms with Crippen molar-refractivity contribution in [1.29, 1.82) is 0 Å². The van der Waals surface area contributed by atoms with Crippen LogP contribution in [-0.2, 0) is 17.6 Å². The second-order valence-electron chi connectivity index (χ2n) is 5.05. The molecule has 2 aliphatic rings. The summed E-state index contributed by atoms with van der Waals surface area (Å²) in [5.41, 5.74) is 2.58. The molecule has 92 valence electrons. The highest BCUT2D eigenvalue weighted by molar-refractivity contribution is 5.48. The second-order valence-corrected chi connectivity index (χ2v) is 5.05. The first-order valence-corrected chi connectivity index (χ1v) is 6.54. The molecule has 0 bridgehead atoms. The molecule has 2 atom stereocenters. The lowest BCUT2D eigenvalue weighted by Gasteiger charge is -2.28. The van der Waals surface area contributed by atoms with Crippen molar-refractivity contribution in [3.8, 4) is 0 Å². The number of nitrogens with zero attached hydrogens (tertiary/aromatic N) is 2. The van der Waals surface area contributed by atoms with Crippen LogP contribution in [0.1, 0.15) is 37.4 Å². The Bertz CT molecular complexity index is 408. The molecule has 1 aromatic heterocycles. The molecule has 1 N–H and O–H groups in total. The first kappa shape index (κ1) is 11.0. The minimum atomic E-state index is 0.358. The SMILES string of the molecule is CC1CC(Nc2ncnc3c2CCC3)CCO1. The highest BCUT2D eigenvalue weighted by Crippen LogP contribution is 2.27. The fourth-order valence-corrected chi connectivity index (χ4v) is 2.81. The summed E-state index contributed by atoms with van der Waals surface area (Å²) in [6, 6.07) is 0.498. The number of hydrogen-bond donors (Lipinski definition) is 1. The van der Waals surface area contributed by atoms with Crippen molar-refractivity contribution >= 4 is 5.82 Å². The van der Waals surface area contributed by atoms with E-state index in [1.807, 2.05) is 0 Å². The molecule has 0 radical (unpaired) electrons. The van der Waals surface area contributed by atoms with Crippen molar-refractivity contribution in [2.45, 2.75) is 51.2 Å². The number of rotatable bonds is 2. The Kier molecular flexibility index (Phi) is 2.97. The number of nitrogens with one attached hydrogen (secondary N) is 1. The Morgan fingerprint density at radius 2 is 2.29 bits per heavy atom. The molecule has 0 saturated carbocycles. The molecule has 3 rings (SSSR count). The van der Waals surface area contributed by atoms with Crippen LogP contribution in [0, 0.1) is 0 Å². The molecule has 0 spiro atoms. The molecule has 1 aliphatic heterocycles. The number of aryl methyl sites for hydroxylation is 1. The van der Waals surface area contributed by atoms with Crippen molar-refractivity contribution < 1.29 is 4.74 Å². The van der Waals surface area contributed by atoms with E-state index in [-0.39, 0.29) is 0 Å². The second kappa shape index (κ2) is 4.61. The Morgan fingerprint density at radius 1 is 1.35 bits per heavy atom. The van der Waals surface area contributed by atoms with Crippen LogP contribution in [0.5, 0.6) is 0 Å². The standard InChI is InChI=1S/C13H19N3O/c1-9-7-10(5-6-17-9)16-13-11-3-2-4-12(11)14-8-15-13/h8-10H,2-7H2,1H3,(H,14,15,16). The van der Waals surface area contributed by atoms with E-state index < -0.39 is 0 Å². The predicted octanol–water partition coefficient (Wildman–Crippen LogP) is 1.94. The summed E-state index contributed by atoms with van der Waals surface area (Å²) in [6.45, 7) is 2.99. The largest absolute Gasteiger partial charge is 0.378 e. The number of ether oxygens (including phenoxy) is 1. The van der Waals surface area contributed by atoms with Gasteiger partial charge in [-0.2, -0.15) is 0 Å². The van der Waals surface area contributed by atoms with Gasteiger partial charge in [-0.1, -0.05) is 0 Å². The first-order chi connectivity index (χ1) is 8.33. The normalized spacial score (nSPS) is 27.8. The average molecular weight is 233 g/mol. The number of fused-ring (bicyclic) bond motifs is 1. The third-order valence-electron chi connectivity index (χ3n) is 3.70. The molecular formula is C13H19N3O. The Hall–Kier alpha value is -1.16. The average Bonchev–Trinajstić information content (AvgIpc) is 2.78. The Morgan fingerprint density at radius 3 is 3.18 bits per heavy atom. The molecular weight excluding hydrogens is 214 g/mol. The quantitative estimate of drug-likeness (QED) is 0.848. The summed E-state index contributed by atoms with van der Waals surface area (Å²) in [6.07, 6.45) is 7.63. The van der Waals surface area contributed by atoms with E-state index in [1.165, 1.54) is 17.7 Å². The van der Waals surface area contributed by atoms with Gasteiger partial charge in [0.2, 0.25) is 0 Å². The van der Waals surface area contributed by atoms with E-state index in [9.17, 15) is 0 Å². The number of anilines is 1. The van der Waals surface area contributed by atoms with Gasteiger partial charge >= 0.3 is 0 Å². The van der Waals surface area contributed by atoms with Crippen molar-refractivity contribution in [3.05, 3.63) is 17.6 Å². The lowest BCUT2D eigenvalue weighted by molar-refractivity contribution is 0.0231. The highest BCUT2D eigenvalue weighted by atomic mass is 16.5. The summed E-state index contributed by atoms with van der Waals surface area (Å²) in [4.78, 5) is 8.76. The van der Waals surface area contributed by atoms with Crippen LogP contribution in [0.25, 0.3) is 0 Å². The van der Waals surface area contributed by atoms with Crippen LogP contribution < -0.4 is 5.32 Å². The Labute approximate surface area is 102 Å². The molecule has 1 aliphatic carbocycles. The van der Waals surface area contributed by atoms with Crippen LogP contribution in [0.15, 0.2) is 6.33 Å². The third-order valence-corrected chi connectivity index (χ3v) is 3.70. The smallest absolute Gasteiger partial charge is 0.133 e. The topological polar surface area (TPSA) is 47.0 Å². The minimum Gasteiger partial charge on any atom is -0.378 e. The van der Waals surface area contributed by atoms with Crippen molar-refractivity contribution in [2.24, 2.45) is 0 Å². The zero-order valence-electron chi connectivity index (χ0n) is 10.3. The minimum absolute atomic E-state index is 0.358. The van der Waals surface area contributed by atoms with E-state index in [0.717, 1.165) is 38.1 Å². The maximum absolute atomic E-state index is 5.57. The van der Waals surface area contributed by atoms with Gasteiger partial charge in [0.15, 0.2) is 0 Å². The molecule has 1 fully saturated rings. The van der Waals surface area contributed by atoms with Crippen LogP contribution in [0.3, 0.4) is 0 Å². The van der Waals surface area contributed by atoms with Gasteiger partial charge in [-0.3, -0.25) is 0 Å². The van der Waals surface area contributed by atoms with Crippen molar-refractivity contribution in [2.75, 3.05) is 11.9 Å². The van der Waals surface area contributed by atoms with Crippen LogP contribution in [-0.4, -0.2) is 28.7 Å². The van der Waals surface area contributed by atoms with Gasteiger partial charge < -0.3 is 10.1 Å². The Balaban J connectivity index is 1.74. The summed E-state index contributed by atoms with van der Waals surface area (Å²) in [5, 5.41) is 3.58. The summed E-state index contributed by atoms with van der Waals surface area (Å²) >= 11 is 0. The molecule has 1 aromatic rings. The zero-order valence-corrected chi connectivity index (χ0v) is 10.3. The van der Waals surface area contributed by atoms with E-state index in [0.29, 0.717) is 12.1 Å². The van der Waals surface area contributed by atoms with E-state index >= 15 is 0 Å². The fraction of sp³-hybridized carbons (Fsp3) is 0.692. The summed E-state index contributed by atoms with van der Waals surface area (Å²) in [5.74, 6) is 1.06. The van der Waals surface area contributed by atoms with Crippen LogP contribution in [0.2, 0.25) is 0 Å². The lowest BCUT2D eigenvalue weighted by Crippen LogP contribution is -2.33. The predicted molar refractivity (Wildman–Crippen MR) is 66.1 cm³/mol. The maximum atomic E-state index is 5.57. The van der Waals surface area contributed by atoms with E-state index in [1.54, 1.807) is 6.33 Å². The first-order valence-electron chi connectivity index (χ1n) is 6.54. The maximum Gasteiger partial charge on any atom is 0.133 e. The van der Waals surface area contributed by atoms with E-state index in [4.69, 9.17) is 4.74 Å². The third kappa shape index (κ3) is 2.27. The molecule has 4 heteroatoms. The zero-order chi connectivity index (χ0) is 11.7. The van der Waals surface area contributed by atoms with Gasteiger partial charge in [0.1, 0.15) is 12.1 Å². The van der Waals surface area contributed by atoms with Gasteiger partial charge in [0, 0.05) is 23.9 Å².